The zero-order valence-electron chi connectivity index (χ0n) is 12.8. The van der Waals surface area contributed by atoms with E-state index in [0.29, 0.717) is 5.92 Å². The van der Waals surface area contributed by atoms with Crippen molar-refractivity contribution in [2.75, 3.05) is 6.54 Å². The molecule has 0 heterocycles. The van der Waals surface area contributed by atoms with Gasteiger partial charge in [0.25, 0.3) is 0 Å². The van der Waals surface area contributed by atoms with Gasteiger partial charge in [0, 0.05) is 0 Å². The first-order valence-electron chi connectivity index (χ1n) is 7.83. The molecule has 1 aliphatic carbocycles. The van der Waals surface area contributed by atoms with Crippen molar-refractivity contribution < 1.29 is 4.74 Å². The number of hydrogen-bond donors (Lipinski definition) is 1. The fraction of sp³-hybridized carbons (Fsp3) is 0.368. The van der Waals surface area contributed by atoms with Crippen LogP contribution in [0.5, 0.6) is 5.75 Å². The number of benzene rings is 2. The van der Waals surface area contributed by atoms with Crippen molar-refractivity contribution in [3.8, 4) is 5.75 Å². The summed E-state index contributed by atoms with van der Waals surface area (Å²) in [5.74, 6) is 1.49. The van der Waals surface area contributed by atoms with Crippen molar-refractivity contribution in [3.63, 3.8) is 0 Å². The van der Waals surface area contributed by atoms with Gasteiger partial charge < -0.3 is 10.1 Å². The van der Waals surface area contributed by atoms with Crippen LogP contribution in [0.25, 0.3) is 0 Å². The number of para-hydroxylation sites is 1. The van der Waals surface area contributed by atoms with Crippen LogP contribution < -0.4 is 10.1 Å². The Morgan fingerprint density at radius 3 is 2.38 bits per heavy atom. The molecule has 3 atom stereocenters. The maximum absolute atomic E-state index is 6.29. The number of hydrogen-bond acceptors (Lipinski definition) is 2. The van der Waals surface area contributed by atoms with Gasteiger partial charge in [-0.3, -0.25) is 0 Å². The third kappa shape index (κ3) is 2.96. The fourth-order valence-electron chi connectivity index (χ4n) is 3.31. The molecule has 0 radical (unpaired) electrons. The summed E-state index contributed by atoms with van der Waals surface area (Å²) in [6.07, 6.45) is 1.22. The predicted molar refractivity (Wildman–Crippen MR) is 86.7 cm³/mol. The van der Waals surface area contributed by atoms with E-state index in [4.69, 9.17) is 4.74 Å². The minimum atomic E-state index is 0.178. The second-order valence-corrected chi connectivity index (χ2v) is 5.77. The van der Waals surface area contributed by atoms with E-state index >= 15 is 0 Å². The first-order chi connectivity index (χ1) is 10.3. The summed E-state index contributed by atoms with van der Waals surface area (Å²) in [4.78, 5) is 0. The zero-order chi connectivity index (χ0) is 14.7. The summed E-state index contributed by atoms with van der Waals surface area (Å²) in [5, 5.41) is 3.61. The first kappa shape index (κ1) is 14.2. The van der Waals surface area contributed by atoms with Gasteiger partial charge in [-0.25, -0.2) is 0 Å². The topological polar surface area (TPSA) is 21.3 Å². The maximum Gasteiger partial charge on any atom is 0.119 e. The lowest BCUT2D eigenvalue weighted by atomic mass is 9.79. The molecule has 2 nitrogen and oxygen atoms in total. The molecular weight excluding hydrogens is 258 g/mol. The Morgan fingerprint density at radius 2 is 1.67 bits per heavy atom. The molecule has 1 N–H and O–H groups in total. The predicted octanol–water partition coefficient (Wildman–Crippen LogP) is 4.29. The van der Waals surface area contributed by atoms with Gasteiger partial charge in [0.2, 0.25) is 0 Å². The number of likely N-dealkylation sites (N-methyl/N-ethyl adjacent to an activating group) is 1. The molecule has 3 unspecified atom stereocenters. The molecule has 0 bridgehead atoms. The van der Waals surface area contributed by atoms with E-state index in [1.54, 1.807) is 0 Å². The number of ether oxygens (including phenoxy) is 1. The zero-order valence-corrected chi connectivity index (χ0v) is 12.8. The van der Waals surface area contributed by atoms with E-state index in [1.807, 2.05) is 30.3 Å². The quantitative estimate of drug-likeness (QED) is 0.902. The highest BCUT2D eigenvalue weighted by atomic mass is 16.5. The van der Waals surface area contributed by atoms with Crippen LogP contribution in [-0.4, -0.2) is 12.6 Å². The van der Waals surface area contributed by atoms with Gasteiger partial charge in [-0.15, -0.1) is 0 Å². The Kier molecular flexibility index (Phi) is 4.26. The van der Waals surface area contributed by atoms with Crippen LogP contribution in [0.2, 0.25) is 0 Å². The Balaban J connectivity index is 1.90. The summed E-state index contributed by atoms with van der Waals surface area (Å²) in [6.45, 7) is 5.39. The number of rotatable bonds is 4. The molecule has 0 amide bonds. The smallest absolute Gasteiger partial charge is 0.119 e. The Labute approximate surface area is 127 Å². The van der Waals surface area contributed by atoms with Gasteiger partial charge in [-0.1, -0.05) is 56.3 Å². The lowest BCUT2D eigenvalue weighted by molar-refractivity contribution is 0.127. The summed E-state index contributed by atoms with van der Waals surface area (Å²) >= 11 is 0. The molecule has 2 aromatic rings. The number of fused-ring (bicyclic) bond motifs is 1. The molecule has 0 aliphatic heterocycles. The van der Waals surface area contributed by atoms with E-state index in [0.717, 1.165) is 18.7 Å². The summed E-state index contributed by atoms with van der Waals surface area (Å²) < 4.78 is 6.29. The van der Waals surface area contributed by atoms with Crippen LogP contribution in [0.3, 0.4) is 0 Å². The van der Waals surface area contributed by atoms with Crippen LogP contribution >= 0.6 is 0 Å². The molecule has 2 heteroatoms. The molecule has 0 saturated heterocycles. The Hall–Kier alpha value is -1.80. The van der Waals surface area contributed by atoms with Crippen molar-refractivity contribution >= 4 is 0 Å². The van der Waals surface area contributed by atoms with Crippen molar-refractivity contribution in [1.82, 2.24) is 5.32 Å². The second kappa shape index (κ2) is 6.31. The third-order valence-corrected chi connectivity index (χ3v) is 4.27. The minimum absolute atomic E-state index is 0.178. The van der Waals surface area contributed by atoms with Crippen molar-refractivity contribution in [2.24, 2.45) is 0 Å². The molecule has 0 saturated carbocycles. The van der Waals surface area contributed by atoms with E-state index in [9.17, 15) is 0 Å². The van der Waals surface area contributed by atoms with Crippen molar-refractivity contribution in [2.45, 2.75) is 38.3 Å². The fourth-order valence-corrected chi connectivity index (χ4v) is 3.31. The van der Waals surface area contributed by atoms with Gasteiger partial charge >= 0.3 is 0 Å². The number of nitrogens with one attached hydrogen (secondary N) is 1. The lowest BCUT2D eigenvalue weighted by Crippen LogP contribution is -2.40. The van der Waals surface area contributed by atoms with Gasteiger partial charge in [0.15, 0.2) is 0 Å². The Bertz CT molecular complexity index is 581. The lowest BCUT2D eigenvalue weighted by Gasteiger charge is -2.37. The minimum Gasteiger partial charge on any atom is -0.488 e. The summed E-state index contributed by atoms with van der Waals surface area (Å²) in [6, 6.07) is 19.2. The van der Waals surface area contributed by atoms with E-state index in [2.05, 4.69) is 43.4 Å². The summed E-state index contributed by atoms with van der Waals surface area (Å²) in [5.41, 5.74) is 2.84. The molecule has 0 spiro atoms. The van der Waals surface area contributed by atoms with E-state index in [-0.39, 0.29) is 12.1 Å². The molecule has 110 valence electrons. The molecule has 2 aromatic carbocycles. The van der Waals surface area contributed by atoms with Crippen molar-refractivity contribution in [3.05, 3.63) is 65.7 Å². The van der Waals surface area contributed by atoms with E-state index in [1.165, 1.54) is 11.1 Å². The van der Waals surface area contributed by atoms with Crippen LogP contribution in [0.1, 0.15) is 43.4 Å². The maximum atomic E-state index is 6.29. The average Bonchev–Trinajstić information content (AvgIpc) is 2.52. The standard InChI is InChI=1S/C19H23NO/c1-3-20-19-17-12-8-7-11-16(17)14(2)13-18(19)21-15-9-5-4-6-10-15/h4-12,14,18-20H,3,13H2,1-2H3. The summed E-state index contributed by atoms with van der Waals surface area (Å²) in [7, 11) is 0. The van der Waals surface area contributed by atoms with Gasteiger partial charge in [0.05, 0.1) is 6.04 Å². The second-order valence-electron chi connectivity index (χ2n) is 5.77. The average molecular weight is 281 g/mol. The molecule has 3 rings (SSSR count). The first-order valence-corrected chi connectivity index (χ1v) is 7.83. The largest absolute Gasteiger partial charge is 0.488 e. The van der Waals surface area contributed by atoms with Gasteiger partial charge in [0.1, 0.15) is 11.9 Å². The van der Waals surface area contributed by atoms with Gasteiger partial charge in [-0.05, 0) is 42.1 Å². The van der Waals surface area contributed by atoms with Crippen LogP contribution in [0, 0.1) is 0 Å². The highest BCUT2D eigenvalue weighted by molar-refractivity contribution is 5.37. The van der Waals surface area contributed by atoms with Crippen molar-refractivity contribution in [1.29, 1.82) is 0 Å². The van der Waals surface area contributed by atoms with Crippen LogP contribution in [-0.2, 0) is 0 Å². The van der Waals surface area contributed by atoms with Gasteiger partial charge in [-0.2, -0.15) is 0 Å². The Morgan fingerprint density at radius 1 is 1.00 bits per heavy atom. The SMILES string of the molecule is CCNC1c2ccccc2C(C)CC1Oc1ccccc1. The molecule has 0 fully saturated rings. The van der Waals surface area contributed by atoms with E-state index < -0.39 is 0 Å². The highest BCUT2D eigenvalue weighted by Crippen LogP contribution is 2.39. The molecule has 1 aliphatic rings. The highest BCUT2D eigenvalue weighted by Gasteiger charge is 2.33. The third-order valence-electron chi connectivity index (χ3n) is 4.27. The monoisotopic (exact) mass is 281 g/mol. The van der Waals surface area contributed by atoms with Crippen LogP contribution in [0.15, 0.2) is 54.6 Å². The molecule has 21 heavy (non-hydrogen) atoms. The molecular formula is C19H23NO. The normalized spacial score (nSPS) is 24.4. The molecule has 0 aromatic heterocycles. The van der Waals surface area contributed by atoms with Crippen LogP contribution in [0.4, 0.5) is 0 Å².